The van der Waals surface area contributed by atoms with Crippen LogP contribution in [0.5, 0.6) is 0 Å². The van der Waals surface area contributed by atoms with Crippen LogP contribution < -0.4 is 0 Å². The van der Waals surface area contributed by atoms with Crippen molar-refractivity contribution < 1.29 is 4.39 Å². The van der Waals surface area contributed by atoms with Crippen LogP contribution in [0.4, 0.5) is 4.39 Å². The van der Waals surface area contributed by atoms with E-state index in [0.717, 1.165) is 12.0 Å². The zero-order valence-electron chi connectivity index (χ0n) is 10.7. The van der Waals surface area contributed by atoms with Crippen molar-refractivity contribution in [3.63, 3.8) is 0 Å². The molecule has 0 radical (unpaired) electrons. The van der Waals surface area contributed by atoms with Gasteiger partial charge in [-0.2, -0.15) is 5.10 Å². The van der Waals surface area contributed by atoms with Gasteiger partial charge in [-0.3, -0.25) is 4.99 Å². The predicted octanol–water partition coefficient (Wildman–Crippen LogP) is 3.09. The Morgan fingerprint density at radius 3 is 3.11 bits per heavy atom. The number of aromatic nitrogens is 3. The van der Waals surface area contributed by atoms with Gasteiger partial charge in [-0.1, -0.05) is 19.6 Å². The Bertz CT molecular complexity index is 501. The molecular weight excluding hydrogens is 231 g/mol. The maximum Gasteiger partial charge on any atom is 0.162 e. The lowest BCUT2D eigenvalue weighted by molar-refractivity contribution is 0.326. The zero-order valence-corrected chi connectivity index (χ0v) is 10.7. The number of allylic oxidation sites excluding steroid dienone is 2. The lowest BCUT2D eigenvalue weighted by atomic mass is 10.0. The first-order valence-electron chi connectivity index (χ1n) is 6.07. The van der Waals surface area contributed by atoms with Crippen LogP contribution in [0.15, 0.2) is 29.4 Å². The molecule has 0 spiro atoms. The SMILES string of the molecule is C=CC=N/C=C(\CC)C1CC(F)c2nc(C)nn21. The van der Waals surface area contributed by atoms with Crippen molar-refractivity contribution in [3.05, 3.63) is 36.1 Å². The van der Waals surface area contributed by atoms with Gasteiger partial charge < -0.3 is 0 Å². The van der Waals surface area contributed by atoms with Crippen LogP contribution in [-0.4, -0.2) is 21.0 Å². The Kier molecular flexibility index (Phi) is 3.69. The number of alkyl halides is 1. The zero-order chi connectivity index (χ0) is 13.1. The van der Waals surface area contributed by atoms with Gasteiger partial charge in [0.05, 0.1) is 6.04 Å². The highest BCUT2D eigenvalue weighted by Crippen LogP contribution is 2.40. The molecule has 1 aliphatic rings. The second kappa shape index (κ2) is 5.25. The van der Waals surface area contributed by atoms with E-state index in [0.29, 0.717) is 18.1 Å². The van der Waals surface area contributed by atoms with Crippen molar-refractivity contribution in [2.45, 2.75) is 38.9 Å². The normalized spacial score (nSPS) is 23.6. The summed E-state index contributed by atoms with van der Waals surface area (Å²) in [6.45, 7) is 7.38. The number of fused-ring (bicyclic) bond motifs is 1. The minimum Gasteiger partial charge on any atom is -0.265 e. The molecule has 18 heavy (non-hydrogen) atoms. The summed E-state index contributed by atoms with van der Waals surface area (Å²) in [5.74, 6) is 1.05. The fourth-order valence-electron chi connectivity index (χ4n) is 2.21. The third-order valence-corrected chi connectivity index (χ3v) is 3.04. The van der Waals surface area contributed by atoms with Gasteiger partial charge in [-0.15, -0.1) is 0 Å². The van der Waals surface area contributed by atoms with Gasteiger partial charge in [-0.05, 0) is 18.9 Å². The molecule has 1 aromatic heterocycles. The third kappa shape index (κ3) is 2.25. The molecule has 0 bridgehead atoms. The summed E-state index contributed by atoms with van der Waals surface area (Å²) in [5.41, 5.74) is 1.06. The van der Waals surface area contributed by atoms with Crippen LogP contribution in [0.25, 0.3) is 0 Å². The maximum absolute atomic E-state index is 13.9. The average Bonchev–Trinajstić information content (AvgIpc) is 2.85. The van der Waals surface area contributed by atoms with E-state index < -0.39 is 6.17 Å². The monoisotopic (exact) mass is 248 g/mol. The second-order valence-electron chi connectivity index (χ2n) is 4.27. The smallest absolute Gasteiger partial charge is 0.162 e. The Balaban J connectivity index is 2.31. The molecule has 2 unspecified atom stereocenters. The molecule has 4 nitrogen and oxygen atoms in total. The molecule has 2 atom stereocenters. The van der Waals surface area contributed by atoms with E-state index in [4.69, 9.17) is 0 Å². The quantitative estimate of drug-likeness (QED) is 0.768. The van der Waals surface area contributed by atoms with E-state index in [2.05, 4.69) is 21.7 Å². The number of aliphatic imine (C=N–C) groups is 1. The van der Waals surface area contributed by atoms with E-state index in [9.17, 15) is 4.39 Å². The molecule has 2 heterocycles. The highest BCUT2D eigenvalue weighted by atomic mass is 19.1. The van der Waals surface area contributed by atoms with Crippen molar-refractivity contribution in [2.75, 3.05) is 0 Å². The Morgan fingerprint density at radius 1 is 1.67 bits per heavy atom. The van der Waals surface area contributed by atoms with Crippen LogP contribution >= 0.6 is 0 Å². The van der Waals surface area contributed by atoms with Crippen molar-refractivity contribution in [1.82, 2.24) is 14.8 Å². The number of halogens is 1. The first kappa shape index (κ1) is 12.7. The molecule has 0 N–H and O–H groups in total. The minimum atomic E-state index is -1.03. The van der Waals surface area contributed by atoms with Gasteiger partial charge in [0.1, 0.15) is 5.82 Å². The predicted molar refractivity (Wildman–Crippen MR) is 69.3 cm³/mol. The summed E-state index contributed by atoms with van der Waals surface area (Å²) in [6.07, 6.45) is 5.18. The number of rotatable bonds is 4. The van der Waals surface area contributed by atoms with E-state index in [1.165, 1.54) is 0 Å². The van der Waals surface area contributed by atoms with E-state index in [1.807, 2.05) is 6.92 Å². The molecule has 1 aliphatic heterocycles. The Labute approximate surface area is 106 Å². The van der Waals surface area contributed by atoms with Crippen LogP contribution in [0.2, 0.25) is 0 Å². The lowest BCUT2D eigenvalue weighted by Gasteiger charge is -2.13. The van der Waals surface area contributed by atoms with Gasteiger partial charge in [0.25, 0.3) is 0 Å². The fourth-order valence-corrected chi connectivity index (χ4v) is 2.21. The number of nitrogens with zero attached hydrogens (tertiary/aromatic N) is 4. The number of aryl methyl sites for hydroxylation is 1. The van der Waals surface area contributed by atoms with Crippen molar-refractivity contribution in [1.29, 1.82) is 0 Å². The summed E-state index contributed by atoms with van der Waals surface area (Å²) in [4.78, 5) is 8.25. The van der Waals surface area contributed by atoms with Gasteiger partial charge in [0, 0.05) is 18.8 Å². The summed E-state index contributed by atoms with van der Waals surface area (Å²) in [6, 6.07) is -0.0665. The molecule has 0 saturated heterocycles. The van der Waals surface area contributed by atoms with Crippen LogP contribution in [0.1, 0.15) is 43.6 Å². The largest absolute Gasteiger partial charge is 0.265 e. The van der Waals surface area contributed by atoms with Crippen molar-refractivity contribution in [2.24, 2.45) is 4.99 Å². The van der Waals surface area contributed by atoms with Crippen molar-refractivity contribution in [3.8, 4) is 0 Å². The summed E-state index contributed by atoms with van der Waals surface area (Å²) in [5, 5.41) is 4.27. The van der Waals surface area contributed by atoms with Crippen LogP contribution in [-0.2, 0) is 0 Å². The highest BCUT2D eigenvalue weighted by Gasteiger charge is 2.35. The van der Waals surface area contributed by atoms with Crippen LogP contribution in [0.3, 0.4) is 0 Å². The fraction of sp³-hybridized carbons (Fsp3) is 0.462. The standard InChI is InChI=1S/C13H17FN4/c1-4-6-15-8-10(5-2)12-7-11(14)13-16-9(3)17-18(12)13/h4,6,8,11-12H,1,5,7H2,2-3H3/b10-8+,15-6?. The summed E-state index contributed by atoms with van der Waals surface area (Å²) >= 11 is 0. The molecule has 0 aliphatic carbocycles. The number of hydrogen-bond donors (Lipinski definition) is 0. The first-order chi connectivity index (χ1) is 8.67. The summed E-state index contributed by atoms with van der Waals surface area (Å²) < 4.78 is 15.6. The topological polar surface area (TPSA) is 43.1 Å². The van der Waals surface area contributed by atoms with Crippen molar-refractivity contribution >= 4 is 6.21 Å². The molecule has 0 amide bonds. The molecule has 0 saturated carbocycles. The molecular formula is C13H17FN4. The maximum atomic E-state index is 13.9. The molecule has 0 aromatic carbocycles. The molecule has 2 rings (SSSR count). The molecule has 96 valence electrons. The molecule has 0 fully saturated rings. The second-order valence-corrected chi connectivity index (χ2v) is 4.27. The number of hydrogen-bond acceptors (Lipinski definition) is 3. The van der Waals surface area contributed by atoms with Gasteiger partial charge in [0.2, 0.25) is 0 Å². The van der Waals surface area contributed by atoms with Gasteiger partial charge in [0.15, 0.2) is 12.0 Å². The minimum absolute atomic E-state index is 0.0665. The molecule has 1 aromatic rings. The van der Waals surface area contributed by atoms with Crippen LogP contribution in [0, 0.1) is 6.92 Å². The van der Waals surface area contributed by atoms with Gasteiger partial charge in [-0.25, -0.2) is 14.1 Å². The average molecular weight is 248 g/mol. The van der Waals surface area contributed by atoms with E-state index in [1.54, 1.807) is 30.1 Å². The third-order valence-electron chi connectivity index (χ3n) is 3.04. The Hall–Kier alpha value is -1.78. The lowest BCUT2D eigenvalue weighted by Crippen LogP contribution is -2.08. The van der Waals surface area contributed by atoms with E-state index in [-0.39, 0.29) is 6.04 Å². The summed E-state index contributed by atoms with van der Waals surface area (Å²) in [7, 11) is 0. The first-order valence-corrected chi connectivity index (χ1v) is 6.07. The van der Waals surface area contributed by atoms with E-state index >= 15 is 0 Å². The Morgan fingerprint density at radius 2 is 2.44 bits per heavy atom. The molecule has 5 heteroatoms. The highest BCUT2D eigenvalue weighted by molar-refractivity contribution is 5.70. The van der Waals surface area contributed by atoms with Gasteiger partial charge >= 0.3 is 0 Å².